The van der Waals surface area contributed by atoms with Gasteiger partial charge < -0.3 is 5.11 Å². The molecule has 1 N–H and O–H groups in total. The minimum atomic E-state index is -0.337. The zero-order chi connectivity index (χ0) is 21.0. The SMILES string of the molecule is CCCC(=O)OO[C@@H](C)[C@H](C)Sc1cc(C(C)(C)C)c(O)c(C(C)(C)C)c1. The first-order chi connectivity index (χ1) is 12.3. The van der Waals surface area contributed by atoms with Crippen molar-refractivity contribution in [1.29, 1.82) is 0 Å². The smallest absolute Gasteiger partial charge is 0.342 e. The molecule has 0 aromatic heterocycles. The number of thioether (sulfide) groups is 1. The van der Waals surface area contributed by atoms with Crippen molar-refractivity contribution in [2.75, 3.05) is 0 Å². The third-order valence-electron chi connectivity index (χ3n) is 4.43. The van der Waals surface area contributed by atoms with Crippen LogP contribution in [0.25, 0.3) is 0 Å². The summed E-state index contributed by atoms with van der Waals surface area (Å²) in [6, 6.07) is 4.11. The fourth-order valence-corrected chi connectivity index (χ4v) is 3.62. The van der Waals surface area contributed by atoms with Gasteiger partial charge in [-0.25, -0.2) is 4.79 Å². The zero-order valence-electron chi connectivity index (χ0n) is 18.3. The van der Waals surface area contributed by atoms with Crippen LogP contribution < -0.4 is 0 Å². The second kappa shape index (κ2) is 9.33. The zero-order valence-corrected chi connectivity index (χ0v) is 19.1. The van der Waals surface area contributed by atoms with Crippen LogP contribution >= 0.6 is 11.8 Å². The van der Waals surface area contributed by atoms with Crippen molar-refractivity contribution >= 4 is 17.7 Å². The lowest BCUT2D eigenvalue weighted by atomic mass is 9.79. The van der Waals surface area contributed by atoms with E-state index in [-0.39, 0.29) is 28.2 Å². The molecule has 0 aliphatic rings. The normalized spacial score (nSPS) is 14.7. The Balaban J connectivity index is 3.04. The molecule has 1 aromatic carbocycles. The van der Waals surface area contributed by atoms with E-state index in [4.69, 9.17) is 9.78 Å². The molecule has 0 amide bonds. The van der Waals surface area contributed by atoms with Crippen molar-refractivity contribution in [1.82, 2.24) is 0 Å². The number of hydrogen-bond acceptors (Lipinski definition) is 5. The second-order valence-electron chi connectivity index (χ2n) is 9.20. The van der Waals surface area contributed by atoms with Gasteiger partial charge in [0.15, 0.2) is 0 Å². The van der Waals surface area contributed by atoms with Crippen LogP contribution in [0.4, 0.5) is 0 Å². The van der Waals surface area contributed by atoms with E-state index in [1.54, 1.807) is 11.8 Å². The molecule has 1 rings (SSSR count). The quantitative estimate of drug-likeness (QED) is 0.341. The summed E-state index contributed by atoms with van der Waals surface area (Å²) in [6.45, 7) is 18.5. The predicted octanol–water partition coefficient (Wildman–Crippen LogP) is 6.13. The Morgan fingerprint density at radius 2 is 1.56 bits per heavy atom. The van der Waals surface area contributed by atoms with Gasteiger partial charge >= 0.3 is 5.97 Å². The Morgan fingerprint density at radius 1 is 1.07 bits per heavy atom. The van der Waals surface area contributed by atoms with Crippen LogP contribution in [0.5, 0.6) is 5.75 Å². The maximum Gasteiger partial charge on any atom is 0.342 e. The molecule has 1 aromatic rings. The maximum absolute atomic E-state index is 11.5. The molecule has 0 saturated carbocycles. The number of hydrogen-bond donors (Lipinski definition) is 1. The molecule has 0 heterocycles. The Labute approximate surface area is 169 Å². The number of carbonyl (C=O) groups excluding carboxylic acids is 1. The molecule has 0 aliphatic heterocycles. The molecule has 27 heavy (non-hydrogen) atoms. The van der Waals surface area contributed by atoms with Crippen LogP contribution in [0.1, 0.15) is 86.3 Å². The van der Waals surface area contributed by atoms with Gasteiger partial charge in [0, 0.05) is 27.7 Å². The molecule has 0 spiro atoms. The van der Waals surface area contributed by atoms with Crippen molar-refractivity contribution < 1.29 is 19.7 Å². The topological polar surface area (TPSA) is 55.8 Å². The standard InChI is InChI=1S/C22H36O4S/c1-10-11-19(23)26-25-14(2)15(3)27-16-12-17(21(4,5)6)20(24)18(13-16)22(7,8)9/h12-15,24H,10-11H2,1-9H3/t14-,15-/m0/s1. The van der Waals surface area contributed by atoms with E-state index in [9.17, 15) is 9.90 Å². The summed E-state index contributed by atoms with van der Waals surface area (Å²) >= 11 is 1.66. The molecule has 0 fully saturated rings. The number of rotatable bonds is 7. The van der Waals surface area contributed by atoms with E-state index < -0.39 is 0 Å². The highest BCUT2D eigenvalue weighted by Gasteiger charge is 2.27. The van der Waals surface area contributed by atoms with Crippen LogP contribution in [0.3, 0.4) is 0 Å². The van der Waals surface area contributed by atoms with Crippen LogP contribution in [0.2, 0.25) is 0 Å². The fourth-order valence-electron chi connectivity index (χ4n) is 2.58. The average molecular weight is 397 g/mol. The fraction of sp³-hybridized carbons (Fsp3) is 0.682. The number of benzene rings is 1. The number of aromatic hydroxyl groups is 1. The number of carbonyl (C=O) groups is 1. The Hall–Kier alpha value is -1.20. The Bertz CT molecular complexity index is 606. The lowest BCUT2D eigenvalue weighted by Crippen LogP contribution is -2.23. The molecule has 0 unspecified atom stereocenters. The van der Waals surface area contributed by atoms with Crippen molar-refractivity contribution in [2.24, 2.45) is 0 Å². The molecule has 0 aliphatic carbocycles. The molecule has 154 valence electrons. The molecular formula is C22H36O4S. The van der Waals surface area contributed by atoms with E-state index in [2.05, 4.69) is 53.7 Å². The summed E-state index contributed by atoms with van der Waals surface area (Å²) in [6.07, 6.45) is 0.844. The van der Waals surface area contributed by atoms with Crippen molar-refractivity contribution in [3.63, 3.8) is 0 Å². The third kappa shape index (κ3) is 7.04. The van der Waals surface area contributed by atoms with Gasteiger partial charge in [-0.2, -0.15) is 4.89 Å². The van der Waals surface area contributed by atoms with Gasteiger partial charge in [-0.3, -0.25) is 4.89 Å². The molecule has 0 radical (unpaired) electrons. The first-order valence-electron chi connectivity index (χ1n) is 9.68. The van der Waals surface area contributed by atoms with E-state index in [1.165, 1.54) is 0 Å². The van der Waals surface area contributed by atoms with Gasteiger partial charge in [0.25, 0.3) is 0 Å². The predicted molar refractivity (Wildman–Crippen MR) is 112 cm³/mol. The second-order valence-corrected chi connectivity index (χ2v) is 10.6. The van der Waals surface area contributed by atoms with Gasteiger partial charge in [-0.1, -0.05) is 55.4 Å². The van der Waals surface area contributed by atoms with Crippen LogP contribution in [0, 0.1) is 0 Å². The van der Waals surface area contributed by atoms with E-state index in [0.29, 0.717) is 12.2 Å². The summed E-state index contributed by atoms with van der Waals surface area (Å²) in [7, 11) is 0. The Kier molecular flexibility index (Phi) is 8.24. The molecule has 5 heteroatoms. The number of phenols is 1. The summed E-state index contributed by atoms with van der Waals surface area (Å²) in [5, 5.41) is 10.9. The highest BCUT2D eigenvalue weighted by molar-refractivity contribution is 8.00. The van der Waals surface area contributed by atoms with Crippen molar-refractivity contribution in [3.8, 4) is 5.75 Å². The van der Waals surface area contributed by atoms with Crippen LogP contribution in [0.15, 0.2) is 17.0 Å². The first kappa shape index (κ1) is 23.8. The molecule has 4 nitrogen and oxygen atoms in total. The molecule has 0 bridgehead atoms. The van der Waals surface area contributed by atoms with Gasteiger partial charge in [0.2, 0.25) is 0 Å². The minimum Gasteiger partial charge on any atom is -0.507 e. The molecule has 2 atom stereocenters. The van der Waals surface area contributed by atoms with E-state index in [0.717, 1.165) is 22.4 Å². The monoisotopic (exact) mass is 396 g/mol. The lowest BCUT2D eigenvalue weighted by molar-refractivity contribution is -0.293. The van der Waals surface area contributed by atoms with Gasteiger partial charge in [0.05, 0.1) is 0 Å². The van der Waals surface area contributed by atoms with Crippen molar-refractivity contribution in [2.45, 2.75) is 102 Å². The maximum atomic E-state index is 11.5. The van der Waals surface area contributed by atoms with E-state index in [1.807, 2.05) is 20.8 Å². The first-order valence-corrected chi connectivity index (χ1v) is 10.6. The lowest BCUT2D eigenvalue weighted by Gasteiger charge is -2.29. The highest BCUT2D eigenvalue weighted by Crippen LogP contribution is 2.42. The largest absolute Gasteiger partial charge is 0.507 e. The summed E-state index contributed by atoms with van der Waals surface area (Å²) < 4.78 is 0. The van der Waals surface area contributed by atoms with Crippen LogP contribution in [-0.2, 0) is 25.4 Å². The summed E-state index contributed by atoms with van der Waals surface area (Å²) in [5.74, 6) is 0.0426. The summed E-state index contributed by atoms with van der Waals surface area (Å²) in [5.41, 5.74) is 1.55. The van der Waals surface area contributed by atoms with Gasteiger partial charge in [0.1, 0.15) is 11.9 Å². The average Bonchev–Trinajstić information content (AvgIpc) is 2.52. The minimum absolute atomic E-state index is 0.0737. The Morgan fingerprint density at radius 3 is 1.96 bits per heavy atom. The van der Waals surface area contributed by atoms with Gasteiger partial charge in [-0.05, 0) is 36.3 Å². The van der Waals surface area contributed by atoms with Crippen LogP contribution in [-0.4, -0.2) is 22.4 Å². The number of phenolic OH excluding ortho intramolecular Hbond substituents is 1. The molecule has 0 saturated heterocycles. The van der Waals surface area contributed by atoms with Gasteiger partial charge in [-0.15, -0.1) is 11.8 Å². The molecular weight excluding hydrogens is 360 g/mol. The third-order valence-corrected chi connectivity index (χ3v) is 5.69. The summed E-state index contributed by atoms with van der Waals surface area (Å²) in [4.78, 5) is 22.7. The van der Waals surface area contributed by atoms with E-state index >= 15 is 0 Å². The van der Waals surface area contributed by atoms with Crippen molar-refractivity contribution in [3.05, 3.63) is 23.3 Å². The highest BCUT2D eigenvalue weighted by atomic mass is 32.2.